The van der Waals surface area contributed by atoms with E-state index in [1.54, 1.807) is 19.2 Å². The Hall–Kier alpha value is -3.21. The van der Waals surface area contributed by atoms with Crippen molar-refractivity contribution >= 4 is 0 Å². The molecule has 1 N–H and O–H groups in total. The van der Waals surface area contributed by atoms with Crippen LogP contribution in [-0.2, 0) is 11.2 Å². The first-order valence-electron chi connectivity index (χ1n) is 10.1. The number of rotatable bonds is 8. The highest BCUT2D eigenvalue weighted by molar-refractivity contribution is 5.67. The normalized spacial score (nSPS) is 15.0. The fourth-order valence-electron chi connectivity index (χ4n) is 3.89. The van der Waals surface area contributed by atoms with Crippen molar-refractivity contribution in [1.82, 2.24) is 15.5 Å². The van der Waals surface area contributed by atoms with Gasteiger partial charge in [-0.3, -0.25) is 0 Å². The molecule has 154 valence electrons. The van der Waals surface area contributed by atoms with Gasteiger partial charge in [0.25, 0.3) is 5.89 Å². The minimum atomic E-state index is 0.311. The third-order valence-corrected chi connectivity index (χ3v) is 5.28. The maximum Gasteiger partial charge on any atom is 0.258 e. The molecule has 1 aliphatic rings. The van der Waals surface area contributed by atoms with Crippen LogP contribution in [0, 0.1) is 11.3 Å². The van der Waals surface area contributed by atoms with Crippen molar-refractivity contribution in [1.29, 1.82) is 5.26 Å². The van der Waals surface area contributed by atoms with E-state index in [9.17, 15) is 5.26 Å². The fraction of sp³-hybridized carbons (Fsp3) is 0.348. The average molecular weight is 404 g/mol. The summed E-state index contributed by atoms with van der Waals surface area (Å²) in [6.45, 7) is 3.89. The van der Waals surface area contributed by atoms with Crippen LogP contribution < -0.4 is 10.1 Å². The Labute approximate surface area is 175 Å². The van der Waals surface area contributed by atoms with Gasteiger partial charge >= 0.3 is 0 Å². The van der Waals surface area contributed by atoms with Gasteiger partial charge in [-0.2, -0.15) is 10.2 Å². The Balaban J connectivity index is 1.61. The molecule has 0 unspecified atom stereocenters. The quantitative estimate of drug-likeness (QED) is 0.569. The number of ether oxygens (including phenoxy) is 2. The fourth-order valence-corrected chi connectivity index (χ4v) is 3.89. The summed E-state index contributed by atoms with van der Waals surface area (Å²) in [4.78, 5) is 4.61. The number of fused-ring (bicyclic) bond motifs is 1. The lowest BCUT2D eigenvalue weighted by atomic mass is 10.0. The van der Waals surface area contributed by atoms with Gasteiger partial charge in [0.2, 0.25) is 5.82 Å². The lowest BCUT2D eigenvalue weighted by molar-refractivity contribution is 0.195. The zero-order valence-electron chi connectivity index (χ0n) is 17.1. The van der Waals surface area contributed by atoms with Gasteiger partial charge in [-0.25, -0.2) is 0 Å². The lowest BCUT2D eigenvalue weighted by Crippen LogP contribution is -2.23. The number of hydrogen-bond donors (Lipinski definition) is 1. The molecule has 7 heteroatoms. The largest absolute Gasteiger partial charge is 0.492 e. The second-order valence-electron chi connectivity index (χ2n) is 7.09. The number of methoxy groups -OCH3 is 1. The van der Waals surface area contributed by atoms with Crippen molar-refractivity contribution in [3.63, 3.8) is 0 Å². The van der Waals surface area contributed by atoms with Crippen molar-refractivity contribution < 1.29 is 14.0 Å². The van der Waals surface area contributed by atoms with Crippen LogP contribution >= 0.6 is 0 Å². The molecule has 0 bridgehead atoms. The molecule has 0 spiro atoms. The van der Waals surface area contributed by atoms with E-state index in [4.69, 9.17) is 14.0 Å². The summed E-state index contributed by atoms with van der Waals surface area (Å²) in [5, 5.41) is 17.2. The second kappa shape index (κ2) is 9.08. The second-order valence-corrected chi connectivity index (χ2v) is 7.09. The summed E-state index contributed by atoms with van der Waals surface area (Å²) in [6.07, 6.45) is 1.99. The van der Waals surface area contributed by atoms with Crippen LogP contribution in [0.25, 0.3) is 22.8 Å². The van der Waals surface area contributed by atoms with E-state index in [-0.39, 0.29) is 0 Å². The van der Waals surface area contributed by atoms with Crippen molar-refractivity contribution in [2.45, 2.75) is 25.8 Å². The van der Waals surface area contributed by atoms with E-state index in [1.807, 2.05) is 25.1 Å². The Kier molecular flexibility index (Phi) is 6.07. The molecule has 1 heterocycles. The molecule has 0 saturated heterocycles. The molecule has 0 radical (unpaired) electrons. The van der Waals surface area contributed by atoms with Crippen molar-refractivity contribution in [2.75, 3.05) is 26.9 Å². The first-order valence-corrected chi connectivity index (χ1v) is 10.1. The number of nitrogens with one attached hydrogen (secondary N) is 1. The molecular formula is C23H24N4O3. The summed E-state index contributed by atoms with van der Waals surface area (Å²) >= 11 is 0. The van der Waals surface area contributed by atoms with E-state index in [0.717, 1.165) is 24.9 Å². The molecule has 7 nitrogen and oxygen atoms in total. The summed E-state index contributed by atoms with van der Waals surface area (Å²) in [7, 11) is 1.71. The van der Waals surface area contributed by atoms with Crippen LogP contribution in [0.2, 0.25) is 0 Å². The zero-order valence-corrected chi connectivity index (χ0v) is 17.1. The number of hydrogen-bond acceptors (Lipinski definition) is 7. The van der Waals surface area contributed by atoms with Crippen LogP contribution in [0.15, 0.2) is 40.9 Å². The average Bonchev–Trinajstić information content (AvgIpc) is 3.42. The maximum atomic E-state index is 9.40. The molecule has 4 rings (SSSR count). The first-order chi connectivity index (χ1) is 14.7. The molecular weight excluding hydrogens is 380 g/mol. The molecule has 1 atom stereocenters. The van der Waals surface area contributed by atoms with Gasteiger partial charge in [0, 0.05) is 30.8 Å². The number of nitriles is 1. The Morgan fingerprint density at radius 1 is 1.30 bits per heavy atom. The number of nitrogens with zero attached hydrogens (tertiary/aromatic N) is 3. The van der Waals surface area contributed by atoms with Gasteiger partial charge in [-0.1, -0.05) is 23.4 Å². The van der Waals surface area contributed by atoms with E-state index < -0.39 is 0 Å². The Morgan fingerprint density at radius 2 is 2.20 bits per heavy atom. The van der Waals surface area contributed by atoms with Crippen molar-refractivity contribution in [3.8, 4) is 34.7 Å². The van der Waals surface area contributed by atoms with E-state index >= 15 is 0 Å². The molecule has 0 aliphatic heterocycles. The van der Waals surface area contributed by atoms with Gasteiger partial charge in [-0.15, -0.1) is 0 Å². The smallest absolute Gasteiger partial charge is 0.258 e. The van der Waals surface area contributed by atoms with Crippen molar-refractivity contribution in [3.05, 3.63) is 53.1 Å². The molecule has 2 aromatic carbocycles. The number of aromatic nitrogens is 2. The third kappa shape index (κ3) is 3.92. The third-order valence-electron chi connectivity index (χ3n) is 5.28. The molecule has 1 aliphatic carbocycles. The first kappa shape index (κ1) is 20.1. The van der Waals surface area contributed by atoms with Gasteiger partial charge in [0.05, 0.1) is 18.8 Å². The predicted octanol–water partition coefficient (Wildman–Crippen LogP) is 3.90. The maximum absolute atomic E-state index is 9.40. The standard InChI is InChI=1S/C23H24N4O3/c1-3-29-21-10-7-15(13-16(21)14-24)23-26-22(27-30-23)19-6-4-5-18-17(19)8-9-20(18)25-11-12-28-2/h4-7,10,13,20,25H,3,8-9,11-12H2,1-2H3/t20-/m0/s1. The van der Waals surface area contributed by atoms with E-state index in [2.05, 4.69) is 27.6 Å². The van der Waals surface area contributed by atoms with Gasteiger partial charge in [-0.05, 0) is 49.1 Å². The van der Waals surface area contributed by atoms with Gasteiger partial charge < -0.3 is 19.3 Å². The highest BCUT2D eigenvalue weighted by Crippen LogP contribution is 2.37. The van der Waals surface area contributed by atoms with E-state index in [0.29, 0.717) is 47.8 Å². The Bertz CT molecular complexity index is 1070. The lowest BCUT2D eigenvalue weighted by Gasteiger charge is -2.14. The highest BCUT2D eigenvalue weighted by atomic mass is 16.5. The SMILES string of the molecule is CCOc1ccc(-c2nc(-c3cccc4c3CC[C@@H]4NCCOC)no2)cc1C#N. The summed E-state index contributed by atoms with van der Waals surface area (Å²) < 4.78 is 16.2. The van der Waals surface area contributed by atoms with Crippen LogP contribution in [0.1, 0.15) is 36.1 Å². The Morgan fingerprint density at radius 3 is 3.00 bits per heavy atom. The summed E-state index contributed by atoms with van der Waals surface area (Å²) in [5.74, 6) is 1.50. The monoisotopic (exact) mass is 404 g/mol. The van der Waals surface area contributed by atoms with Crippen molar-refractivity contribution in [2.24, 2.45) is 0 Å². The molecule has 3 aromatic rings. The molecule has 0 fully saturated rings. The summed E-state index contributed by atoms with van der Waals surface area (Å²) in [6, 6.07) is 14.0. The topological polar surface area (TPSA) is 93.2 Å². The molecule has 1 aromatic heterocycles. The van der Waals surface area contributed by atoms with Crippen LogP contribution in [0.3, 0.4) is 0 Å². The number of benzene rings is 2. The minimum absolute atomic E-state index is 0.311. The molecule has 0 amide bonds. The van der Waals surface area contributed by atoms with Crippen LogP contribution in [0.5, 0.6) is 5.75 Å². The molecule has 30 heavy (non-hydrogen) atoms. The van der Waals surface area contributed by atoms with Crippen LogP contribution in [0.4, 0.5) is 0 Å². The van der Waals surface area contributed by atoms with Gasteiger partial charge in [0.15, 0.2) is 0 Å². The van der Waals surface area contributed by atoms with Gasteiger partial charge in [0.1, 0.15) is 11.8 Å². The molecule has 0 saturated carbocycles. The van der Waals surface area contributed by atoms with E-state index in [1.165, 1.54) is 11.1 Å². The van der Waals surface area contributed by atoms with Crippen LogP contribution in [-0.4, -0.2) is 37.0 Å². The predicted molar refractivity (Wildman–Crippen MR) is 112 cm³/mol. The summed E-state index contributed by atoms with van der Waals surface area (Å²) in [5.41, 5.74) is 4.66. The highest BCUT2D eigenvalue weighted by Gasteiger charge is 2.26. The zero-order chi connectivity index (χ0) is 20.9. The minimum Gasteiger partial charge on any atom is -0.492 e.